The van der Waals surface area contributed by atoms with Gasteiger partial charge in [-0.05, 0) is 42.6 Å². The predicted molar refractivity (Wildman–Crippen MR) is 107 cm³/mol. The molecule has 6 nitrogen and oxygen atoms in total. The molecule has 0 unspecified atom stereocenters. The van der Waals surface area contributed by atoms with Crippen molar-refractivity contribution in [2.45, 2.75) is 17.6 Å². The molecule has 0 spiro atoms. The predicted octanol–water partition coefficient (Wildman–Crippen LogP) is 4.20. The molecule has 0 atom stereocenters. The van der Waals surface area contributed by atoms with E-state index in [1.807, 2.05) is 35.7 Å². The Labute approximate surface area is 162 Å². The van der Waals surface area contributed by atoms with E-state index in [1.54, 1.807) is 30.8 Å². The third-order valence-electron chi connectivity index (χ3n) is 3.77. The van der Waals surface area contributed by atoms with Crippen LogP contribution < -0.4 is 10.9 Å². The SMILES string of the molecule is Cc1cc2nc(CSc3ccc(NC(=O)c4cccs4)cc3)cc(=O)n2o1. The topological polar surface area (TPSA) is 76.6 Å². The Kier molecular flexibility index (Phi) is 4.83. The number of benzene rings is 1. The van der Waals surface area contributed by atoms with E-state index in [4.69, 9.17) is 4.52 Å². The van der Waals surface area contributed by atoms with Crippen molar-refractivity contribution in [2.24, 2.45) is 0 Å². The fourth-order valence-electron chi connectivity index (χ4n) is 2.54. The van der Waals surface area contributed by atoms with Crippen LogP contribution in [0.4, 0.5) is 5.69 Å². The zero-order valence-electron chi connectivity index (χ0n) is 14.3. The number of fused-ring (bicyclic) bond motifs is 1. The minimum atomic E-state index is -0.227. The number of aromatic nitrogens is 2. The Morgan fingerprint density at radius 1 is 1.26 bits per heavy atom. The van der Waals surface area contributed by atoms with Crippen LogP contribution in [0.3, 0.4) is 0 Å². The van der Waals surface area contributed by atoms with Crippen LogP contribution in [0, 0.1) is 6.92 Å². The number of nitrogens with zero attached hydrogens (tertiary/aromatic N) is 2. The molecule has 0 saturated carbocycles. The number of thiophene rings is 1. The molecule has 136 valence electrons. The van der Waals surface area contributed by atoms with E-state index in [0.717, 1.165) is 10.6 Å². The van der Waals surface area contributed by atoms with Gasteiger partial charge in [0, 0.05) is 28.5 Å². The third kappa shape index (κ3) is 3.96. The second-order valence-corrected chi connectivity index (χ2v) is 7.83. The van der Waals surface area contributed by atoms with E-state index in [2.05, 4.69) is 10.3 Å². The van der Waals surface area contributed by atoms with Crippen molar-refractivity contribution in [3.8, 4) is 0 Å². The molecule has 3 aromatic heterocycles. The molecule has 0 aliphatic heterocycles. The van der Waals surface area contributed by atoms with Crippen LogP contribution in [0.15, 0.2) is 68.1 Å². The van der Waals surface area contributed by atoms with Crippen molar-refractivity contribution in [1.29, 1.82) is 0 Å². The number of hydrogen-bond acceptors (Lipinski definition) is 6. The Bertz CT molecular complexity index is 1150. The number of amides is 1. The largest absolute Gasteiger partial charge is 0.375 e. The number of rotatable bonds is 5. The number of aryl methyl sites for hydroxylation is 1. The highest BCUT2D eigenvalue weighted by molar-refractivity contribution is 7.98. The first-order valence-corrected chi connectivity index (χ1v) is 10.0. The van der Waals surface area contributed by atoms with Gasteiger partial charge in [0.25, 0.3) is 11.5 Å². The van der Waals surface area contributed by atoms with E-state index in [-0.39, 0.29) is 11.5 Å². The van der Waals surface area contributed by atoms with Gasteiger partial charge in [-0.1, -0.05) is 6.07 Å². The smallest absolute Gasteiger partial charge is 0.287 e. The van der Waals surface area contributed by atoms with Crippen molar-refractivity contribution in [1.82, 2.24) is 9.56 Å². The lowest BCUT2D eigenvalue weighted by molar-refractivity contribution is 0.103. The zero-order valence-corrected chi connectivity index (χ0v) is 16.0. The van der Waals surface area contributed by atoms with Crippen LogP contribution in [-0.4, -0.2) is 15.5 Å². The molecule has 0 radical (unpaired) electrons. The Hall–Kier alpha value is -2.84. The highest BCUT2D eigenvalue weighted by atomic mass is 32.2. The second kappa shape index (κ2) is 7.42. The second-order valence-electron chi connectivity index (χ2n) is 5.83. The molecule has 0 fully saturated rings. The zero-order chi connectivity index (χ0) is 18.8. The Morgan fingerprint density at radius 2 is 2.07 bits per heavy atom. The maximum atomic E-state index is 12.1. The lowest BCUT2D eigenvalue weighted by atomic mass is 10.3. The van der Waals surface area contributed by atoms with Gasteiger partial charge in [-0.15, -0.1) is 27.7 Å². The molecule has 4 aromatic rings. The molecule has 1 amide bonds. The van der Waals surface area contributed by atoms with Gasteiger partial charge in [-0.3, -0.25) is 9.59 Å². The van der Waals surface area contributed by atoms with E-state index in [1.165, 1.54) is 22.0 Å². The quantitative estimate of drug-likeness (QED) is 0.511. The summed E-state index contributed by atoms with van der Waals surface area (Å²) in [6.07, 6.45) is 0. The number of nitrogens with one attached hydrogen (secondary N) is 1. The molecule has 0 aliphatic carbocycles. The molecule has 1 N–H and O–H groups in total. The summed E-state index contributed by atoms with van der Waals surface area (Å²) in [7, 11) is 0. The molecular weight excluding hydrogens is 382 g/mol. The first kappa shape index (κ1) is 17.6. The molecule has 8 heteroatoms. The van der Waals surface area contributed by atoms with Gasteiger partial charge in [0.05, 0.1) is 10.6 Å². The standard InChI is InChI=1S/C19H15N3O3S2/c1-12-9-17-20-14(10-18(23)22(17)25-12)11-27-15-6-4-13(5-7-15)21-19(24)16-3-2-8-26-16/h2-10H,11H2,1H3,(H,21,24). The van der Waals surface area contributed by atoms with E-state index in [0.29, 0.717) is 27.7 Å². The van der Waals surface area contributed by atoms with Crippen LogP contribution in [0.2, 0.25) is 0 Å². The van der Waals surface area contributed by atoms with Gasteiger partial charge < -0.3 is 9.84 Å². The van der Waals surface area contributed by atoms with Crippen LogP contribution in [-0.2, 0) is 5.75 Å². The summed E-state index contributed by atoms with van der Waals surface area (Å²) >= 11 is 2.98. The summed E-state index contributed by atoms with van der Waals surface area (Å²) in [6, 6.07) is 14.4. The first-order chi connectivity index (χ1) is 13.1. The molecule has 1 aromatic carbocycles. The number of anilines is 1. The maximum Gasteiger partial charge on any atom is 0.287 e. The lowest BCUT2D eigenvalue weighted by Gasteiger charge is -2.05. The number of thioether (sulfide) groups is 1. The molecule has 4 rings (SSSR count). The summed E-state index contributed by atoms with van der Waals surface area (Å²) in [5.41, 5.74) is 1.72. The molecular formula is C19H15N3O3S2. The van der Waals surface area contributed by atoms with Crippen molar-refractivity contribution in [2.75, 3.05) is 5.32 Å². The van der Waals surface area contributed by atoms with Gasteiger partial charge in [-0.2, -0.15) is 0 Å². The highest BCUT2D eigenvalue weighted by Gasteiger charge is 2.08. The molecule has 0 aliphatic rings. The molecule has 0 saturated heterocycles. The summed E-state index contributed by atoms with van der Waals surface area (Å²) in [6.45, 7) is 1.78. The van der Waals surface area contributed by atoms with Crippen molar-refractivity contribution in [3.63, 3.8) is 0 Å². The van der Waals surface area contributed by atoms with Crippen molar-refractivity contribution >= 4 is 40.3 Å². The number of carbonyl (C=O) groups excluding carboxylic acids is 1. The minimum Gasteiger partial charge on any atom is -0.375 e. The first-order valence-electron chi connectivity index (χ1n) is 8.16. The van der Waals surface area contributed by atoms with Crippen LogP contribution in [0.1, 0.15) is 21.1 Å². The fourth-order valence-corrected chi connectivity index (χ4v) is 3.95. The van der Waals surface area contributed by atoms with E-state index in [9.17, 15) is 9.59 Å². The van der Waals surface area contributed by atoms with Gasteiger partial charge in [0.15, 0.2) is 5.65 Å². The summed E-state index contributed by atoms with van der Waals surface area (Å²) in [4.78, 5) is 30.3. The van der Waals surface area contributed by atoms with Gasteiger partial charge >= 0.3 is 0 Å². The molecule has 0 bridgehead atoms. The van der Waals surface area contributed by atoms with Crippen LogP contribution in [0.5, 0.6) is 0 Å². The fraction of sp³-hybridized carbons (Fsp3) is 0.105. The molecule has 3 heterocycles. The third-order valence-corrected chi connectivity index (χ3v) is 5.68. The summed E-state index contributed by atoms with van der Waals surface area (Å²) in [5.74, 6) is 1.10. The normalized spacial score (nSPS) is 11.0. The number of hydrogen-bond donors (Lipinski definition) is 1. The lowest BCUT2D eigenvalue weighted by Crippen LogP contribution is -2.12. The highest BCUT2D eigenvalue weighted by Crippen LogP contribution is 2.24. The molecule has 27 heavy (non-hydrogen) atoms. The van der Waals surface area contributed by atoms with Crippen LogP contribution in [0.25, 0.3) is 5.65 Å². The Balaban J connectivity index is 1.41. The van der Waals surface area contributed by atoms with Gasteiger partial charge in [-0.25, -0.2) is 4.98 Å². The van der Waals surface area contributed by atoms with E-state index < -0.39 is 0 Å². The van der Waals surface area contributed by atoms with E-state index >= 15 is 0 Å². The van der Waals surface area contributed by atoms with Crippen molar-refractivity contribution < 1.29 is 9.32 Å². The van der Waals surface area contributed by atoms with Gasteiger partial charge in [0.1, 0.15) is 5.76 Å². The maximum absolute atomic E-state index is 12.1. The van der Waals surface area contributed by atoms with Gasteiger partial charge in [0.2, 0.25) is 0 Å². The average molecular weight is 397 g/mol. The minimum absolute atomic E-state index is 0.112. The average Bonchev–Trinajstić information content (AvgIpc) is 3.30. The number of carbonyl (C=O) groups is 1. The van der Waals surface area contributed by atoms with Crippen molar-refractivity contribution in [3.05, 3.63) is 80.6 Å². The Morgan fingerprint density at radius 3 is 2.81 bits per heavy atom. The van der Waals surface area contributed by atoms with Crippen LogP contribution >= 0.6 is 23.1 Å². The monoisotopic (exact) mass is 397 g/mol. The summed E-state index contributed by atoms with van der Waals surface area (Å²) < 4.78 is 6.48. The summed E-state index contributed by atoms with van der Waals surface area (Å²) in [5, 5.41) is 4.74.